The van der Waals surface area contributed by atoms with E-state index in [2.05, 4.69) is 25.6 Å². The van der Waals surface area contributed by atoms with Crippen LogP contribution in [0.3, 0.4) is 0 Å². The van der Waals surface area contributed by atoms with Gasteiger partial charge >= 0.3 is 0 Å². The number of nitro groups is 1. The quantitative estimate of drug-likeness (QED) is 0.138. The highest BCUT2D eigenvalue weighted by Gasteiger charge is 2.44. The first kappa shape index (κ1) is 25.8. The van der Waals surface area contributed by atoms with Gasteiger partial charge in [0.05, 0.1) is 17.4 Å². The van der Waals surface area contributed by atoms with Crippen molar-refractivity contribution in [3.8, 4) is 0 Å². The SMILES string of the molecule is Nc1ncnc2c1ncn2[C@@H]1O[C@H](CSCCCNCC2Cc3ccc([N+](=O)[O-])cc3CN2)[C@@H](O)[C@H]1O. The van der Waals surface area contributed by atoms with Gasteiger partial charge < -0.3 is 31.3 Å². The van der Waals surface area contributed by atoms with Crippen LogP contribution in [0.5, 0.6) is 0 Å². The molecule has 37 heavy (non-hydrogen) atoms. The van der Waals surface area contributed by atoms with E-state index >= 15 is 0 Å². The third-order valence-corrected chi connectivity index (χ3v) is 7.90. The number of aromatic nitrogens is 4. The zero-order chi connectivity index (χ0) is 25.9. The molecule has 0 radical (unpaired) electrons. The van der Waals surface area contributed by atoms with Crippen molar-refractivity contribution in [2.24, 2.45) is 0 Å². The second kappa shape index (κ2) is 11.2. The number of nitro benzene ring substituents is 1. The summed E-state index contributed by atoms with van der Waals surface area (Å²) < 4.78 is 7.55. The topological polar surface area (TPSA) is 187 Å². The lowest BCUT2D eigenvalue weighted by molar-refractivity contribution is -0.384. The molecular weight excluding hydrogens is 500 g/mol. The molecule has 2 aromatic heterocycles. The number of non-ortho nitro benzene ring substituents is 1. The van der Waals surface area contributed by atoms with E-state index in [4.69, 9.17) is 10.5 Å². The summed E-state index contributed by atoms with van der Waals surface area (Å²) in [5.74, 6) is 1.67. The van der Waals surface area contributed by atoms with E-state index in [-0.39, 0.29) is 22.5 Å². The van der Waals surface area contributed by atoms with Crippen LogP contribution < -0.4 is 16.4 Å². The van der Waals surface area contributed by atoms with E-state index in [9.17, 15) is 20.3 Å². The van der Waals surface area contributed by atoms with E-state index in [0.717, 1.165) is 42.8 Å². The number of imidazole rings is 1. The minimum absolute atomic E-state index is 0.130. The number of nitrogens with one attached hydrogen (secondary N) is 2. The number of nitrogen functional groups attached to an aromatic ring is 1. The van der Waals surface area contributed by atoms with E-state index in [0.29, 0.717) is 23.5 Å². The van der Waals surface area contributed by atoms with Crippen LogP contribution in [0, 0.1) is 10.1 Å². The first-order valence-electron chi connectivity index (χ1n) is 12.1. The van der Waals surface area contributed by atoms with Gasteiger partial charge in [-0.1, -0.05) is 6.07 Å². The zero-order valence-electron chi connectivity index (χ0n) is 20.1. The summed E-state index contributed by atoms with van der Waals surface area (Å²) in [6.45, 7) is 2.29. The lowest BCUT2D eigenvalue weighted by atomic mass is 9.95. The van der Waals surface area contributed by atoms with Gasteiger partial charge in [0.2, 0.25) is 0 Å². The highest BCUT2D eigenvalue weighted by molar-refractivity contribution is 7.99. The minimum atomic E-state index is -1.11. The normalized spacial score (nSPS) is 25.4. The number of aliphatic hydroxyl groups is 2. The second-order valence-corrected chi connectivity index (χ2v) is 10.4. The van der Waals surface area contributed by atoms with Crippen LogP contribution in [0.2, 0.25) is 0 Å². The van der Waals surface area contributed by atoms with Crippen molar-refractivity contribution in [2.45, 2.75) is 50.0 Å². The maximum absolute atomic E-state index is 11.0. The Hall–Kier alpha value is -2.88. The number of aliphatic hydroxyl groups excluding tert-OH is 2. The number of hydrogen-bond donors (Lipinski definition) is 5. The molecule has 198 valence electrons. The van der Waals surface area contributed by atoms with Crippen LogP contribution in [0.15, 0.2) is 30.9 Å². The molecule has 6 N–H and O–H groups in total. The molecular formula is C23H30N8O5S. The lowest BCUT2D eigenvalue weighted by Crippen LogP contribution is -2.43. The molecule has 2 aliphatic heterocycles. The van der Waals surface area contributed by atoms with Gasteiger partial charge in [-0.2, -0.15) is 11.8 Å². The van der Waals surface area contributed by atoms with Crippen LogP contribution in [0.25, 0.3) is 11.2 Å². The van der Waals surface area contributed by atoms with E-state index in [1.165, 1.54) is 12.7 Å². The predicted molar refractivity (Wildman–Crippen MR) is 138 cm³/mol. The Bertz CT molecular complexity index is 1260. The van der Waals surface area contributed by atoms with E-state index < -0.39 is 24.5 Å². The van der Waals surface area contributed by atoms with Crippen molar-refractivity contribution in [1.29, 1.82) is 0 Å². The molecule has 14 heteroatoms. The van der Waals surface area contributed by atoms with Crippen LogP contribution in [-0.4, -0.2) is 83.6 Å². The number of nitrogens with two attached hydrogens (primary N) is 1. The molecule has 1 saturated heterocycles. The Morgan fingerprint density at radius 1 is 1.27 bits per heavy atom. The molecule has 0 saturated carbocycles. The average Bonchev–Trinajstić information content (AvgIpc) is 3.45. The molecule has 5 rings (SSSR count). The number of benzene rings is 1. The number of ether oxygens (including phenoxy) is 1. The van der Waals surface area contributed by atoms with Gasteiger partial charge in [0.15, 0.2) is 17.7 Å². The minimum Gasteiger partial charge on any atom is -0.387 e. The Morgan fingerprint density at radius 3 is 2.97 bits per heavy atom. The van der Waals surface area contributed by atoms with Crippen LogP contribution >= 0.6 is 11.8 Å². The first-order valence-corrected chi connectivity index (χ1v) is 13.3. The van der Waals surface area contributed by atoms with E-state index in [1.807, 2.05) is 6.07 Å². The molecule has 0 spiro atoms. The smallest absolute Gasteiger partial charge is 0.269 e. The predicted octanol–water partition coefficient (Wildman–Crippen LogP) is 0.363. The van der Waals surface area contributed by atoms with Crippen molar-refractivity contribution in [3.05, 3.63) is 52.1 Å². The fourth-order valence-electron chi connectivity index (χ4n) is 4.75. The highest BCUT2D eigenvalue weighted by atomic mass is 32.2. The number of fused-ring (bicyclic) bond motifs is 2. The van der Waals surface area contributed by atoms with Gasteiger partial charge in [-0.25, -0.2) is 15.0 Å². The number of thioether (sulfide) groups is 1. The second-order valence-electron chi connectivity index (χ2n) is 9.25. The lowest BCUT2D eigenvalue weighted by Gasteiger charge is -2.26. The summed E-state index contributed by atoms with van der Waals surface area (Å²) in [5, 5.41) is 39.0. The third-order valence-electron chi connectivity index (χ3n) is 6.76. The summed E-state index contributed by atoms with van der Waals surface area (Å²) in [5.41, 5.74) is 8.98. The molecule has 0 amide bonds. The molecule has 1 fully saturated rings. The molecule has 4 heterocycles. The largest absolute Gasteiger partial charge is 0.387 e. The molecule has 13 nitrogen and oxygen atoms in total. The van der Waals surface area contributed by atoms with Crippen molar-refractivity contribution in [1.82, 2.24) is 30.2 Å². The summed E-state index contributed by atoms with van der Waals surface area (Å²) >= 11 is 1.66. The Kier molecular flexibility index (Phi) is 7.83. The standard InChI is InChI=1S/C23H30N8O5S/c24-21-18-22(28-11-27-21)30(12-29-18)23-20(33)19(32)17(36-23)10-37-5-1-4-25-9-15-6-13-2-3-16(31(34)35)7-14(13)8-26-15/h2-3,7,11-12,15,17,19-20,23,25-26,32-33H,1,4-6,8-10H2,(H2,24,27,28)/t15?,17-,19-,20-,23-/m1/s1. The van der Waals surface area contributed by atoms with Gasteiger partial charge in [0, 0.05) is 37.0 Å². The van der Waals surface area contributed by atoms with Gasteiger partial charge in [-0.3, -0.25) is 14.7 Å². The summed E-state index contributed by atoms with van der Waals surface area (Å²) in [6, 6.07) is 5.36. The summed E-state index contributed by atoms with van der Waals surface area (Å²) in [6.07, 6.45) is 1.14. The van der Waals surface area contributed by atoms with Gasteiger partial charge in [0.1, 0.15) is 24.1 Å². The Balaban J connectivity index is 1.01. The Morgan fingerprint density at radius 2 is 2.14 bits per heavy atom. The molecule has 3 aromatic rings. The van der Waals surface area contributed by atoms with Crippen LogP contribution in [0.1, 0.15) is 23.8 Å². The van der Waals surface area contributed by atoms with E-state index in [1.54, 1.807) is 28.5 Å². The van der Waals surface area contributed by atoms with Crippen LogP contribution in [0.4, 0.5) is 11.5 Å². The van der Waals surface area contributed by atoms with Crippen molar-refractivity contribution in [2.75, 3.05) is 30.3 Å². The number of hydrogen-bond acceptors (Lipinski definition) is 12. The van der Waals surface area contributed by atoms with Crippen LogP contribution in [-0.2, 0) is 17.7 Å². The fraction of sp³-hybridized carbons (Fsp3) is 0.522. The summed E-state index contributed by atoms with van der Waals surface area (Å²) in [7, 11) is 0. The average molecular weight is 531 g/mol. The number of anilines is 1. The van der Waals surface area contributed by atoms with Gasteiger partial charge in [-0.05, 0) is 36.3 Å². The molecule has 0 bridgehead atoms. The molecule has 1 aromatic carbocycles. The summed E-state index contributed by atoms with van der Waals surface area (Å²) in [4.78, 5) is 22.9. The molecule has 5 atom stereocenters. The number of nitrogens with zero attached hydrogens (tertiary/aromatic N) is 5. The Labute approximate surface area is 217 Å². The zero-order valence-corrected chi connectivity index (χ0v) is 20.9. The van der Waals surface area contributed by atoms with Gasteiger partial charge in [-0.15, -0.1) is 0 Å². The van der Waals surface area contributed by atoms with Crippen molar-refractivity contribution < 1.29 is 19.9 Å². The molecule has 0 aliphatic carbocycles. The van der Waals surface area contributed by atoms with Crippen molar-refractivity contribution in [3.63, 3.8) is 0 Å². The third kappa shape index (κ3) is 5.54. The first-order chi connectivity index (χ1) is 17.9. The maximum atomic E-state index is 11.0. The fourth-order valence-corrected chi connectivity index (χ4v) is 5.78. The van der Waals surface area contributed by atoms with Crippen molar-refractivity contribution >= 4 is 34.4 Å². The monoisotopic (exact) mass is 530 g/mol. The van der Waals surface area contributed by atoms with Gasteiger partial charge in [0.25, 0.3) is 5.69 Å². The molecule has 1 unspecified atom stereocenters. The molecule has 2 aliphatic rings. The number of rotatable bonds is 10. The highest BCUT2D eigenvalue weighted by Crippen LogP contribution is 2.33. The maximum Gasteiger partial charge on any atom is 0.269 e.